The van der Waals surface area contributed by atoms with Gasteiger partial charge in [0.2, 0.25) is 5.91 Å². The predicted molar refractivity (Wildman–Crippen MR) is 130 cm³/mol. The number of carbonyl (C=O) groups excluding carboxylic acids is 1. The Hall–Kier alpha value is -2.09. The first-order chi connectivity index (χ1) is 13.7. The van der Waals surface area contributed by atoms with Gasteiger partial charge < -0.3 is 16.0 Å². The second kappa shape index (κ2) is 12.5. The van der Waals surface area contributed by atoms with E-state index >= 15 is 0 Å². The van der Waals surface area contributed by atoms with Crippen LogP contribution in [0.5, 0.6) is 0 Å². The first-order valence-corrected chi connectivity index (χ1v) is 10.1. The van der Waals surface area contributed by atoms with Gasteiger partial charge in [0.05, 0.1) is 0 Å². The van der Waals surface area contributed by atoms with Crippen molar-refractivity contribution in [2.45, 2.75) is 38.1 Å². The van der Waals surface area contributed by atoms with E-state index in [0.717, 1.165) is 32.4 Å². The van der Waals surface area contributed by atoms with Crippen molar-refractivity contribution in [1.82, 2.24) is 16.0 Å². The Balaban J connectivity index is 0.00000300. The Bertz CT molecular complexity index is 763. The largest absolute Gasteiger partial charge is 0.357 e. The number of nitrogens with one attached hydrogen (secondary N) is 3. The van der Waals surface area contributed by atoms with Gasteiger partial charge in [0.1, 0.15) is 6.54 Å². The Morgan fingerprint density at radius 1 is 1.03 bits per heavy atom. The molecule has 0 aromatic heterocycles. The highest BCUT2D eigenvalue weighted by molar-refractivity contribution is 14.0. The highest BCUT2D eigenvalue weighted by Crippen LogP contribution is 2.20. The molecule has 3 rings (SSSR count). The maximum atomic E-state index is 11.9. The van der Waals surface area contributed by atoms with Crippen LogP contribution in [0.2, 0.25) is 0 Å². The van der Waals surface area contributed by atoms with Crippen LogP contribution in [0, 0.1) is 0 Å². The molecule has 0 aliphatic heterocycles. The molecule has 1 amide bonds. The molecule has 2 aromatic rings. The molecule has 2 aromatic carbocycles. The molecule has 1 aliphatic carbocycles. The highest BCUT2D eigenvalue weighted by Gasteiger charge is 2.22. The van der Waals surface area contributed by atoms with Crippen LogP contribution in [-0.2, 0) is 11.2 Å². The van der Waals surface area contributed by atoms with Gasteiger partial charge in [-0.25, -0.2) is 4.99 Å². The van der Waals surface area contributed by atoms with E-state index in [0.29, 0.717) is 17.9 Å². The standard InChI is InChI=1S/C23H30N4O.HI/c1-2-24-23(26-17-22(28)27-21-13-14-21)25-16-20(19-11-7-4-8-12-19)15-18-9-5-3-6-10-18;/h3-12,20-21H,2,13-17H2,1H3,(H,27,28)(H2,24,25,26);1H. The van der Waals surface area contributed by atoms with Crippen molar-refractivity contribution in [3.05, 3.63) is 71.8 Å². The van der Waals surface area contributed by atoms with Crippen LogP contribution >= 0.6 is 24.0 Å². The molecule has 0 radical (unpaired) electrons. The van der Waals surface area contributed by atoms with Crippen molar-refractivity contribution in [2.75, 3.05) is 19.6 Å². The minimum Gasteiger partial charge on any atom is -0.357 e. The molecule has 156 valence electrons. The number of halogens is 1. The Kier molecular flexibility index (Phi) is 9.97. The summed E-state index contributed by atoms with van der Waals surface area (Å²) in [6.45, 7) is 3.68. The zero-order valence-electron chi connectivity index (χ0n) is 16.9. The van der Waals surface area contributed by atoms with Crippen molar-refractivity contribution >= 4 is 35.8 Å². The fourth-order valence-electron chi connectivity index (χ4n) is 3.15. The van der Waals surface area contributed by atoms with Crippen molar-refractivity contribution in [3.63, 3.8) is 0 Å². The number of nitrogens with zero attached hydrogens (tertiary/aromatic N) is 1. The Morgan fingerprint density at radius 2 is 1.69 bits per heavy atom. The second-order valence-electron chi connectivity index (χ2n) is 7.22. The third kappa shape index (κ3) is 8.43. The SMILES string of the molecule is CCNC(=NCC(=O)NC1CC1)NCC(Cc1ccccc1)c1ccccc1.I. The average Bonchev–Trinajstić information content (AvgIpc) is 3.54. The van der Waals surface area contributed by atoms with Crippen LogP contribution in [0.1, 0.15) is 36.8 Å². The molecule has 0 saturated heterocycles. The zero-order chi connectivity index (χ0) is 19.6. The lowest BCUT2D eigenvalue weighted by Gasteiger charge is -2.20. The van der Waals surface area contributed by atoms with Gasteiger partial charge in [-0.2, -0.15) is 0 Å². The summed E-state index contributed by atoms with van der Waals surface area (Å²) in [7, 11) is 0. The summed E-state index contributed by atoms with van der Waals surface area (Å²) in [6, 6.07) is 21.4. The predicted octanol–water partition coefficient (Wildman–Crippen LogP) is 3.46. The molecule has 1 unspecified atom stereocenters. The van der Waals surface area contributed by atoms with Gasteiger partial charge in [0, 0.05) is 25.0 Å². The van der Waals surface area contributed by atoms with Crippen molar-refractivity contribution in [3.8, 4) is 0 Å². The van der Waals surface area contributed by atoms with Crippen molar-refractivity contribution in [2.24, 2.45) is 4.99 Å². The van der Waals surface area contributed by atoms with Crippen LogP contribution in [0.25, 0.3) is 0 Å². The van der Waals surface area contributed by atoms with Crippen LogP contribution in [0.4, 0.5) is 0 Å². The maximum absolute atomic E-state index is 11.9. The van der Waals surface area contributed by atoms with E-state index in [-0.39, 0.29) is 36.4 Å². The summed E-state index contributed by atoms with van der Waals surface area (Å²) in [5, 5.41) is 9.63. The topological polar surface area (TPSA) is 65.5 Å². The summed E-state index contributed by atoms with van der Waals surface area (Å²) in [5.74, 6) is 0.985. The van der Waals surface area contributed by atoms with E-state index in [9.17, 15) is 4.79 Å². The van der Waals surface area contributed by atoms with Gasteiger partial charge in [0.25, 0.3) is 0 Å². The molecule has 1 fully saturated rings. The molecule has 29 heavy (non-hydrogen) atoms. The van der Waals surface area contributed by atoms with E-state index in [1.807, 2.05) is 19.1 Å². The number of amides is 1. The number of hydrogen-bond donors (Lipinski definition) is 3. The molecule has 1 atom stereocenters. The summed E-state index contributed by atoms with van der Waals surface area (Å²) in [4.78, 5) is 16.4. The van der Waals surface area contributed by atoms with Gasteiger partial charge in [-0.1, -0.05) is 60.7 Å². The van der Waals surface area contributed by atoms with Gasteiger partial charge in [-0.15, -0.1) is 24.0 Å². The lowest BCUT2D eigenvalue weighted by Crippen LogP contribution is -2.40. The smallest absolute Gasteiger partial charge is 0.242 e. The van der Waals surface area contributed by atoms with E-state index in [1.54, 1.807) is 0 Å². The maximum Gasteiger partial charge on any atom is 0.242 e. The quantitative estimate of drug-likeness (QED) is 0.277. The summed E-state index contributed by atoms with van der Waals surface area (Å²) < 4.78 is 0. The minimum absolute atomic E-state index is 0. The van der Waals surface area contributed by atoms with Gasteiger partial charge in [-0.05, 0) is 37.3 Å². The fourth-order valence-corrected chi connectivity index (χ4v) is 3.15. The lowest BCUT2D eigenvalue weighted by molar-refractivity contribution is -0.119. The summed E-state index contributed by atoms with van der Waals surface area (Å²) in [6.07, 6.45) is 3.12. The van der Waals surface area contributed by atoms with Crippen LogP contribution in [0.3, 0.4) is 0 Å². The molecule has 1 aliphatic rings. The number of aliphatic imine (C=N–C) groups is 1. The first kappa shape index (κ1) is 23.2. The van der Waals surface area contributed by atoms with Crippen LogP contribution < -0.4 is 16.0 Å². The van der Waals surface area contributed by atoms with Gasteiger partial charge in [0.15, 0.2) is 5.96 Å². The Labute approximate surface area is 190 Å². The molecular weight excluding hydrogens is 475 g/mol. The van der Waals surface area contributed by atoms with Gasteiger partial charge in [-0.3, -0.25) is 4.79 Å². The zero-order valence-corrected chi connectivity index (χ0v) is 19.3. The molecule has 0 heterocycles. The fraction of sp³-hybridized carbons (Fsp3) is 0.391. The minimum atomic E-state index is -0.0106. The molecule has 6 heteroatoms. The van der Waals surface area contributed by atoms with Crippen molar-refractivity contribution < 1.29 is 4.79 Å². The lowest BCUT2D eigenvalue weighted by atomic mass is 9.92. The molecule has 0 bridgehead atoms. The summed E-state index contributed by atoms with van der Waals surface area (Å²) in [5.41, 5.74) is 2.60. The van der Waals surface area contributed by atoms with E-state index in [1.165, 1.54) is 11.1 Å². The highest BCUT2D eigenvalue weighted by atomic mass is 127. The summed E-state index contributed by atoms with van der Waals surface area (Å²) >= 11 is 0. The second-order valence-corrected chi connectivity index (χ2v) is 7.22. The molecular formula is C23H31IN4O. The first-order valence-electron chi connectivity index (χ1n) is 10.1. The number of carbonyl (C=O) groups is 1. The normalized spacial score (nSPS) is 14.4. The van der Waals surface area contributed by atoms with Crippen LogP contribution in [-0.4, -0.2) is 37.5 Å². The van der Waals surface area contributed by atoms with E-state index < -0.39 is 0 Å². The molecule has 0 spiro atoms. The van der Waals surface area contributed by atoms with Gasteiger partial charge >= 0.3 is 0 Å². The molecule has 5 nitrogen and oxygen atoms in total. The molecule has 3 N–H and O–H groups in total. The number of benzene rings is 2. The van der Waals surface area contributed by atoms with Crippen LogP contribution in [0.15, 0.2) is 65.7 Å². The Morgan fingerprint density at radius 3 is 2.31 bits per heavy atom. The number of hydrogen-bond acceptors (Lipinski definition) is 2. The number of rotatable bonds is 9. The monoisotopic (exact) mass is 506 g/mol. The van der Waals surface area contributed by atoms with Crippen molar-refractivity contribution in [1.29, 1.82) is 0 Å². The third-order valence-electron chi connectivity index (χ3n) is 4.78. The van der Waals surface area contributed by atoms with E-state index in [4.69, 9.17) is 0 Å². The molecule has 1 saturated carbocycles. The number of guanidine groups is 1. The average molecular weight is 506 g/mol. The van der Waals surface area contributed by atoms with E-state index in [2.05, 4.69) is 69.5 Å². The third-order valence-corrected chi connectivity index (χ3v) is 4.78.